The normalized spacial score (nSPS) is 13.3. The van der Waals surface area contributed by atoms with E-state index in [2.05, 4.69) is 123 Å². The molecule has 9 heteroatoms. The molecule has 9 nitrogen and oxygen atoms in total. The molecule has 0 aromatic carbocycles. The Balaban J connectivity index is 4.11. The summed E-state index contributed by atoms with van der Waals surface area (Å²) in [6.07, 6.45) is 93.2. The second-order valence-corrected chi connectivity index (χ2v) is 25.5. The Labute approximate surface area is 543 Å². The number of carboxylic acid groups (broad SMARTS) is 1. The lowest BCUT2D eigenvalue weighted by atomic mass is 10.0. The molecule has 0 heterocycles. The predicted octanol–water partition coefficient (Wildman–Crippen LogP) is 21.6. The van der Waals surface area contributed by atoms with E-state index in [1.807, 2.05) is 21.1 Å². The van der Waals surface area contributed by atoms with Crippen molar-refractivity contribution in [2.75, 3.05) is 47.5 Å². The molecule has 2 unspecified atom stereocenters. The van der Waals surface area contributed by atoms with E-state index in [9.17, 15) is 19.5 Å². The number of allylic oxidation sites excluding steroid dienone is 18. The summed E-state index contributed by atoms with van der Waals surface area (Å²) >= 11 is 0. The maximum Gasteiger partial charge on any atom is 0.306 e. The van der Waals surface area contributed by atoms with Gasteiger partial charge in [-0.15, -0.1) is 0 Å². The van der Waals surface area contributed by atoms with E-state index in [0.29, 0.717) is 23.9 Å². The number of nitrogens with zero attached hydrogens (tertiary/aromatic N) is 1. The summed E-state index contributed by atoms with van der Waals surface area (Å²) in [7, 11) is 5.93. The topological polar surface area (TPSA) is 111 Å². The number of esters is 2. The van der Waals surface area contributed by atoms with Crippen LogP contribution in [0.3, 0.4) is 0 Å². The lowest BCUT2D eigenvalue weighted by molar-refractivity contribution is -0.870. The molecule has 0 aliphatic rings. The van der Waals surface area contributed by atoms with Crippen molar-refractivity contribution >= 4 is 17.9 Å². The molecular weight excluding hydrogens is 1090 g/mol. The van der Waals surface area contributed by atoms with Crippen LogP contribution in [-0.2, 0) is 33.3 Å². The molecule has 0 aliphatic carbocycles. The lowest BCUT2D eigenvalue weighted by Crippen LogP contribution is -2.44. The van der Waals surface area contributed by atoms with Crippen molar-refractivity contribution in [1.29, 1.82) is 0 Å². The van der Waals surface area contributed by atoms with E-state index in [-0.39, 0.29) is 32.2 Å². The molecule has 0 saturated carbocycles. The van der Waals surface area contributed by atoms with Crippen LogP contribution in [0.25, 0.3) is 0 Å². The Morgan fingerprint density at radius 1 is 0.352 bits per heavy atom. The van der Waals surface area contributed by atoms with E-state index < -0.39 is 24.3 Å². The predicted molar refractivity (Wildman–Crippen MR) is 375 cm³/mol. The van der Waals surface area contributed by atoms with Crippen LogP contribution in [0.4, 0.5) is 0 Å². The zero-order chi connectivity index (χ0) is 64.0. The molecule has 0 N–H and O–H groups in total. The number of aliphatic carboxylic acids is 1. The van der Waals surface area contributed by atoms with Gasteiger partial charge < -0.3 is 33.3 Å². The van der Waals surface area contributed by atoms with Gasteiger partial charge in [-0.25, -0.2) is 0 Å². The summed E-state index contributed by atoms with van der Waals surface area (Å²) in [6, 6.07) is 0. The Morgan fingerprint density at radius 2 is 0.648 bits per heavy atom. The van der Waals surface area contributed by atoms with Gasteiger partial charge in [0.25, 0.3) is 0 Å². The van der Waals surface area contributed by atoms with Gasteiger partial charge in [0.05, 0.1) is 40.3 Å². The molecule has 0 aromatic rings. The number of hydrogen-bond donors (Lipinski definition) is 0. The van der Waals surface area contributed by atoms with Gasteiger partial charge in [0, 0.05) is 12.8 Å². The van der Waals surface area contributed by atoms with Crippen LogP contribution in [0.15, 0.2) is 109 Å². The van der Waals surface area contributed by atoms with Gasteiger partial charge >= 0.3 is 11.9 Å². The highest BCUT2D eigenvalue weighted by atomic mass is 16.7. The number of carbonyl (C=O) groups excluding carboxylic acids is 3. The molecule has 0 bridgehead atoms. The highest BCUT2D eigenvalue weighted by Crippen LogP contribution is 2.18. The van der Waals surface area contributed by atoms with Crippen LogP contribution >= 0.6 is 0 Å². The minimum Gasteiger partial charge on any atom is -0.545 e. The quantitative estimate of drug-likeness (QED) is 0.0195. The minimum atomic E-state index is -1.63. The third-order valence-electron chi connectivity index (χ3n) is 15.8. The van der Waals surface area contributed by atoms with E-state index in [0.717, 1.165) is 103 Å². The first-order valence-electron chi connectivity index (χ1n) is 36.5. The Bertz CT molecular complexity index is 1810. The minimum absolute atomic E-state index is 0.145. The Morgan fingerprint density at radius 3 is 0.966 bits per heavy atom. The maximum atomic E-state index is 12.9. The van der Waals surface area contributed by atoms with Gasteiger partial charge in [0.15, 0.2) is 12.4 Å². The molecule has 0 fully saturated rings. The summed E-state index contributed by atoms with van der Waals surface area (Å²) in [4.78, 5) is 37.5. The van der Waals surface area contributed by atoms with Crippen LogP contribution in [0.5, 0.6) is 0 Å². The molecule has 2 atom stereocenters. The molecule has 0 radical (unpaired) electrons. The van der Waals surface area contributed by atoms with Crippen LogP contribution < -0.4 is 5.11 Å². The maximum absolute atomic E-state index is 12.9. The number of quaternary nitrogens is 1. The second-order valence-electron chi connectivity index (χ2n) is 25.5. The van der Waals surface area contributed by atoms with Crippen molar-refractivity contribution in [3.05, 3.63) is 109 Å². The van der Waals surface area contributed by atoms with Crippen LogP contribution in [0.2, 0.25) is 0 Å². The van der Waals surface area contributed by atoms with Crippen molar-refractivity contribution in [1.82, 2.24) is 0 Å². The fraction of sp³-hybridized carbons (Fsp3) is 0.734. The molecule has 0 spiro atoms. The number of carbonyl (C=O) groups is 3. The Kier molecular flexibility index (Phi) is 65.7. The average molecular weight is 1230 g/mol. The van der Waals surface area contributed by atoms with Gasteiger partial charge in [-0.2, -0.15) is 0 Å². The van der Waals surface area contributed by atoms with Crippen molar-refractivity contribution in [2.45, 2.75) is 328 Å². The first kappa shape index (κ1) is 84.0. The average Bonchev–Trinajstić information content (AvgIpc) is 3.52. The smallest absolute Gasteiger partial charge is 0.306 e. The fourth-order valence-electron chi connectivity index (χ4n) is 10.2. The molecule has 0 aliphatic heterocycles. The third kappa shape index (κ3) is 69.4. The van der Waals surface area contributed by atoms with Crippen LogP contribution in [0, 0.1) is 0 Å². The highest BCUT2D eigenvalue weighted by molar-refractivity contribution is 5.70. The number of likely N-dealkylation sites (N-methyl/N-ethyl adjacent to an activating group) is 1. The van der Waals surface area contributed by atoms with Gasteiger partial charge in [0.1, 0.15) is 13.2 Å². The van der Waals surface area contributed by atoms with E-state index in [1.165, 1.54) is 180 Å². The largest absolute Gasteiger partial charge is 0.545 e. The van der Waals surface area contributed by atoms with Crippen molar-refractivity contribution in [3.63, 3.8) is 0 Å². The number of carboxylic acids is 1. The SMILES string of the molecule is CC/C=C\C/C=C\C/C=C\C/C=C\C/C=C\C/C=C\C/C=C\C/C=C\C/C=C\CCCCCCCCCCCCCC(=O)OC(COC(=O)CCCCCCCCCCCCCCCCCCCCCCCCCC)COC(OCC[N+](C)(C)C)C(=O)[O-]. The summed E-state index contributed by atoms with van der Waals surface area (Å²) in [5.41, 5.74) is 0. The summed E-state index contributed by atoms with van der Waals surface area (Å²) in [5, 5.41) is 11.8. The van der Waals surface area contributed by atoms with Crippen molar-refractivity contribution < 1.29 is 42.9 Å². The monoisotopic (exact) mass is 1230 g/mol. The highest BCUT2D eigenvalue weighted by Gasteiger charge is 2.22. The number of hydrogen-bond acceptors (Lipinski definition) is 8. The standard InChI is InChI=1S/C79H137NO8/c1-6-8-10-12-14-16-18-20-22-24-26-28-30-32-33-34-35-36-37-38-39-40-41-42-43-44-45-46-48-50-52-54-56-58-60-62-64-66-68-70-77(82)88-75(74-87-79(78(83)84)85-72-71-80(3,4)5)73-86-76(81)69-67-65-63-61-59-57-55-53-51-49-47-31-29-27-25-23-21-19-17-15-13-11-9-7-2/h8,10,14,16,20,22,26,28,32-33,35-36,38-39,41-42,44-45,75,79H,6-7,9,11-13,15,17-19,21,23-25,27,29-31,34,37,40,43,46-74H2,1-5H3/b10-8-,16-14-,22-20-,28-26-,33-32-,36-35-,39-38-,42-41-,45-44-. The summed E-state index contributed by atoms with van der Waals surface area (Å²) < 4.78 is 22.8. The van der Waals surface area contributed by atoms with Gasteiger partial charge in [-0.3, -0.25) is 9.59 Å². The molecule has 0 rings (SSSR count). The van der Waals surface area contributed by atoms with Gasteiger partial charge in [-0.1, -0.05) is 329 Å². The van der Waals surface area contributed by atoms with Gasteiger partial charge in [-0.05, 0) is 83.5 Å². The van der Waals surface area contributed by atoms with E-state index >= 15 is 0 Å². The van der Waals surface area contributed by atoms with E-state index in [1.54, 1.807) is 0 Å². The fourth-order valence-corrected chi connectivity index (χ4v) is 10.2. The molecule has 0 saturated heterocycles. The first-order chi connectivity index (χ1) is 43.1. The van der Waals surface area contributed by atoms with Crippen molar-refractivity contribution in [3.8, 4) is 0 Å². The zero-order valence-electron chi connectivity index (χ0n) is 57.8. The molecule has 0 amide bonds. The van der Waals surface area contributed by atoms with Crippen LogP contribution in [0.1, 0.15) is 316 Å². The third-order valence-corrected chi connectivity index (χ3v) is 15.8. The Hall–Kier alpha value is -4.05. The molecule has 0 aromatic heterocycles. The molecular formula is C79H137NO8. The van der Waals surface area contributed by atoms with Gasteiger partial charge in [0.2, 0.25) is 0 Å². The van der Waals surface area contributed by atoms with E-state index in [4.69, 9.17) is 18.9 Å². The summed E-state index contributed by atoms with van der Waals surface area (Å²) in [5.74, 6) is -2.28. The number of rotatable bonds is 67. The zero-order valence-corrected chi connectivity index (χ0v) is 57.8. The number of unbranched alkanes of at least 4 members (excludes halogenated alkanes) is 34. The first-order valence-corrected chi connectivity index (χ1v) is 36.5. The second kappa shape index (κ2) is 68.9. The van der Waals surface area contributed by atoms with Crippen molar-refractivity contribution in [2.24, 2.45) is 0 Å². The molecule has 506 valence electrons. The summed E-state index contributed by atoms with van der Waals surface area (Å²) in [6.45, 7) is 4.67. The lowest BCUT2D eigenvalue weighted by Gasteiger charge is -2.26. The molecule has 88 heavy (non-hydrogen) atoms. The number of ether oxygens (including phenoxy) is 4. The van der Waals surface area contributed by atoms with Crippen LogP contribution in [-0.4, -0.2) is 82.3 Å².